The van der Waals surface area contributed by atoms with Crippen molar-refractivity contribution in [2.75, 3.05) is 5.75 Å². The molecule has 0 radical (unpaired) electrons. The summed E-state index contributed by atoms with van der Waals surface area (Å²) in [5.74, 6) is -0.0636. The van der Waals surface area contributed by atoms with Crippen LogP contribution in [0.4, 0.5) is 4.39 Å². The number of hydrogen-bond donors (Lipinski definition) is 0. The van der Waals surface area contributed by atoms with Crippen LogP contribution in [0.15, 0.2) is 57.9 Å². The van der Waals surface area contributed by atoms with Crippen molar-refractivity contribution in [3.63, 3.8) is 0 Å². The van der Waals surface area contributed by atoms with Crippen molar-refractivity contribution in [1.29, 1.82) is 0 Å². The van der Waals surface area contributed by atoms with Crippen molar-refractivity contribution < 1.29 is 9.18 Å². The summed E-state index contributed by atoms with van der Waals surface area (Å²) >= 11 is 4.54. The molecule has 0 spiro atoms. The van der Waals surface area contributed by atoms with E-state index in [2.05, 4.69) is 15.9 Å². The van der Waals surface area contributed by atoms with E-state index in [9.17, 15) is 9.18 Å². The van der Waals surface area contributed by atoms with E-state index >= 15 is 0 Å². The van der Waals surface area contributed by atoms with Gasteiger partial charge in [0.25, 0.3) is 0 Å². The average Bonchev–Trinajstić information content (AvgIpc) is 2.37. The number of benzene rings is 2. The lowest BCUT2D eigenvalue weighted by atomic mass is 10.2. The molecule has 0 fully saturated rings. The molecular weight excluding hydrogens is 315 g/mol. The fraction of sp³-hybridized carbons (Fsp3) is 0.0714. The second-order valence-electron chi connectivity index (χ2n) is 3.65. The van der Waals surface area contributed by atoms with Crippen LogP contribution in [0.3, 0.4) is 0 Å². The van der Waals surface area contributed by atoms with E-state index in [0.29, 0.717) is 10.5 Å². The van der Waals surface area contributed by atoms with E-state index < -0.39 is 0 Å². The average molecular weight is 325 g/mol. The Morgan fingerprint density at radius 2 is 1.94 bits per heavy atom. The van der Waals surface area contributed by atoms with Crippen LogP contribution in [0.5, 0.6) is 0 Å². The molecule has 1 nitrogen and oxygen atoms in total. The molecule has 0 atom stereocenters. The smallest absolute Gasteiger partial charge is 0.173 e. The number of carbonyl (C=O) groups is 1. The van der Waals surface area contributed by atoms with E-state index in [1.807, 2.05) is 12.1 Å². The summed E-state index contributed by atoms with van der Waals surface area (Å²) < 4.78 is 14.2. The molecule has 18 heavy (non-hydrogen) atoms. The lowest BCUT2D eigenvalue weighted by Crippen LogP contribution is -2.02. The maximum absolute atomic E-state index is 13.4. The summed E-state index contributed by atoms with van der Waals surface area (Å²) in [6.07, 6.45) is 0. The van der Waals surface area contributed by atoms with E-state index in [-0.39, 0.29) is 17.4 Å². The van der Waals surface area contributed by atoms with Crippen molar-refractivity contribution in [3.05, 3.63) is 64.4 Å². The zero-order chi connectivity index (χ0) is 13.0. The molecular formula is C14H10BrFOS. The lowest BCUT2D eigenvalue weighted by Gasteiger charge is -2.03. The van der Waals surface area contributed by atoms with Gasteiger partial charge in [-0.05, 0) is 24.3 Å². The van der Waals surface area contributed by atoms with Crippen molar-refractivity contribution >= 4 is 33.5 Å². The highest BCUT2D eigenvalue weighted by Crippen LogP contribution is 2.22. The predicted octanol–water partition coefficient (Wildman–Crippen LogP) is 4.56. The van der Waals surface area contributed by atoms with Crippen LogP contribution in [-0.2, 0) is 0 Å². The molecule has 0 unspecified atom stereocenters. The van der Waals surface area contributed by atoms with Gasteiger partial charge in [0.2, 0.25) is 0 Å². The van der Waals surface area contributed by atoms with Gasteiger partial charge in [0.15, 0.2) is 5.78 Å². The van der Waals surface area contributed by atoms with Crippen LogP contribution in [0.1, 0.15) is 10.4 Å². The Morgan fingerprint density at radius 1 is 1.17 bits per heavy atom. The Kier molecular flexibility index (Phi) is 4.55. The Morgan fingerprint density at radius 3 is 2.67 bits per heavy atom. The lowest BCUT2D eigenvalue weighted by molar-refractivity contribution is 0.102. The summed E-state index contributed by atoms with van der Waals surface area (Å²) in [5.41, 5.74) is 0.633. The van der Waals surface area contributed by atoms with Crippen molar-refractivity contribution in [2.24, 2.45) is 0 Å². The van der Waals surface area contributed by atoms with E-state index in [1.165, 1.54) is 17.8 Å². The van der Waals surface area contributed by atoms with Crippen LogP contribution < -0.4 is 0 Å². The van der Waals surface area contributed by atoms with Crippen LogP contribution in [0.2, 0.25) is 0 Å². The highest BCUT2D eigenvalue weighted by Gasteiger charge is 2.08. The van der Waals surface area contributed by atoms with Gasteiger partial charge in [-0.2, -0.15) is 0 Å². The van der Waals surface area contributed by atoms with Crippen LogP contribution in [0.25, 0.3) is 0 Å². The third kappa shape index (κ3) is 3.43. The van der Waals surface area contributed by atoms with E-state index in [1.54, 1.807) is 30.3 Å². The van der Waals surface area contributed by atoms with E-state index in [4.69, 9.17) is 0 Å². The highest BCUT2D eigenvalue weighted by atomic mass is 79.9. The molecule has 0 N–H and O–H groups in total. The fourth-order valence-electron chi connectivity index (χ4n) is 1.45. The molecule has 0 amide bonds. The van der Waals surface area contributed by atoms with Gasteiger partial charge in [-0.25, -0.2) is 4.39 Å². The minimum Gasteiger partial charge on any atom is -0.293 e. The van der Waals surface area contributed by atoms with Crippen LogP contribution in [0, 0.1) is 5.82 Å². The van der Waals surface area contributed by atoms with Crippen LogP contribution in [-0.4, -0.2) is 11.5 Å². The second kappa shape index (κ2) is 6.16. The molecule has 2 rings (SSSR count). The summed E-state index contributed by atoms with van der Waals surface area (Å²) in [6, 6.07) is 13.7. The third-order valence-electron chi connectivity index (χ3n) is 2.34. The molecule has 0 aromatic heterocycles. The minimum absolute atomic E-state index is 0.00967. The normalized spacial score (nSPS) is 10.3. The number of ketones is 1. The number of carbonyl (C=O) groups excluding carboxylic acids is 1. The van der Waals surface area contributed by atoms with Gasteiger partial charge in [0.1, 0.15) is 5.82 Å². The molecule has 0 bridgehead atoms. The molecule has 0 aliphatic rings. The second-order valence-corrected chi connectivity index (χ2v) is 5.59. The first-order valence-electron chi connectivity index (χ1n) is 5.33. The number of halogens is 2. The minimum atomic E-state index is -0.287. The van der Waals surface area contributed by atoms with Crippen molar-refractivity contribution in [3.8, 4) is 0 Å². The van der Waals surface area contributed by atoms with Gasteiger partial charge < -0.3 is 0 Å². The molecule has 2 aromatic rings. The standard InChI is InChI=1S/C14H10BrFOS/c15-11-5-3-4-10(8-11)13(17)9-18-14-7-2-1-6-12(14)16/h1-8H,9H2. The van der Waals surface area contributed by atoms with Gasteiger partial charge in [0.05, 0.1) is 5.75 Å². The first-order valence-corrected chi connectivity index (χ1v) is 7.11. The summed E-state index contributed by atoms with van der Waals surface area (Å²) in [4.78, 5) is 12.4. The molecule has 2 aromatic carbocycles. The van der Waals surface area contributed by atoms with Crippen LogP contribution >= 0.6 is 27.7 Å². The summed E-state index contributed by atoms with van der Waals surface area (Å²) in [6.45, 7) is 0. The number of rotatable bonds is 4. The highest BCUT2D eigenvalue weighted by molar-refractivity contribution is 9.10. The fourth-order valence-corrected chi connectivity index (χ4v) is 2.68. The number of Topliss-reactive ketones (excluding diaryl/α,β-unsaturated/α-hetero) is 1. The maximum atomic E-state index is 13.4. The Bertz CT molecular complexity index is 571. The molecule has 0 saturated carbocycles. The predicted molar refractivity (Wildman–Crippen MR) is 75.6 cm³/mol. The topological polar surface area (TPSA) is 17.1 Å². The van der Waals surface area contributed by atoms with Gasteiger partial charge in [-0.1, -0.05) is 40.2 Å². The SMILES string of the molecule is O=C(CSc1ccccc1F)c1cccc(Br)c1. The summed E-state index contributed by atoms with van der Waals surface area (Å²) in [7, 11) is 0. The van der Waals surface area contributed by atoms with Crippen molar-refractivity contribution in [1.82, 2.24) is 0 Å². The van der Waals surface area contributed by atoms with Gasteiger partial charge in [-0.3, -0.25) is 4.79 Å². The Hall–Kier alpha value is -1.13. The monoisotopic (exact) mass is 324 g/mol. The summed E-state index contributed by atoms with van der Waals surface area (Å²) in [5, 5.41) is 0. The number of hydrogen-bond acceptors (Lipinski definition) is 2. The third-order valence-corrected chi connectivity index (χ3v) is 3.88. The zero-order valence-corrected chi connectivity index (χ0v) is 11.8. The first kappa shape index (κ1) is 13.3. The Labute approximate surface area is 118 Å². The van der Waals surface area contributed by atoms with Gasteiger partial charge in [0, 0.05) is 14.9 Å². The van der Waals surface area contributed by atoms with Gasteiger partial charge >= 0.3 is 0 Å². The Balaban J connectivity index is 2.03. The molecule has 0 saturated heterocycles. The quantitative estimate of drug-likeness (QED) is 0.605. The zero-order valence-electron chi connectivity index (χ0n) is 9.40. The molecule has 0 heterocycles. The molecule has 0 aliphatic heterocycles. The molecule has 0 aliphatic carbocycles. The first-order chi connectivity index (χ1) is 8.66. The molecule has 92 valence electrons. The maximum Gasteiger partial charge on any atom is 0.173 e. The van der Waals surface area contributed by atoms with Crippen molar-refractivity contribution in [2.45, 2.75) is 4.90 Å². The largest absolute Gasteiger partial charge is 0.293 e. The van der Waals surface area contributed by atoms with E-state index in [0.717, 1.165) is 4.47 Å². The van der Waals surface area contributed by atoms with Gasteiger partial charge in [-0.15, -0.1) is 11.8 Å². The number of thioether (sulfide) groups is 1. The molecule has 4 heteroatoms.